The lowest BCUT2D eigenvalue weighted by molar-refractivity contribution is 0.105. The summed E-state index contributed by atoms with van der Waals surface area (Å²) in [5.74, 6) is 0. The van der Waals surface area contributed by atoms with Crippen LogP contribution in [0.4, 0.5) is 4.79 Å². The second-order valence-electron chi connectivity index (χ2n) is 3.36. The Morgan fingerprint density at radius 1 is 1.53 bits per heavy atom. The smallest absolute Gasteiger partial charge is 0.410 e. The Morgan fingerprint density at radius 3 is 2.67 bits per heavy atom. The predicted molar refractivity (Wildman–Crippen MR) is 62.9 cm³/mol. The summed E-state index contributed by atoms with van der Waals surface area (Å²) in [5, 5.41) is 0. The maximum Gasteiger partial charge on any atom is 0.410 e. The topological polar surface area (TPSA) is 29.5 Å². The fourth-order valence-electron chi connectivity index (χ4n) is 1.22. The van der Waals surface area contributed by atoms with Gasteiger partial charge in [0.25, 0.3) is 0 Å². The van der Waals surface area contributed by atoms with E-state index in [1.54, 1.807) is 4.90 Å². The Morgan fingerprint density at radius 2 is 2.20 bits per heavy atom. The van der Waals surface area contributed by atoms with Crippen LogP contribution in [0.25, 0.3) is 0 Å². The molecule has 0 bridgehead atoms. The van der Waals surface area contributed by atoms with E-state index in [4.69, 9.17) is 4.74 Å². The number of ether oxygens (including phenoxy) is 1. The zero-order valence-corrected chi connectivity index (χ0v) is 10.4. The highest BCUT2D eigenvalue weighted by molar-refractivity contribution is 5.68. The molecule has 0 unspecified atom stereocenters. The Kier molecular flexibility index (Phi) is 7.78. The van der Waals surface area contributed by atoms with Gasteiger partial charge in [-0.15, -0.1) is 0 Å². The number of nitrogens with zero attached hydrogens (tertiary/aromatic N) is 1. The quantitative estimate of drug-likeness (QED) is 0.659. The second kappa shape index (κ2) is 8.33. The first kappa shape index (κ1) is 14.0. The first-order valence-electron chi connectivity index (χ1n) is 5.81. The minimum absolute atomic E-state index is 0.175. The van der Waals surface area contributed by atoms with Crippen molar-refractivity contribution in [3.63, 3.8) is 0 Å². The van der Waals surface area contributed by atoms with Crippen LogP contribution in [0, 0.1) is 0 Å². The van der Waals surface area contributed by atoms with Crippen molar-refractivity contribution in [2.75, 3.05) is 19.7 Å². The largest absolute Gasteiger partial charge is 0.449 e. The van der Waals surface area contributed by atoms with Crippen LogP contribution in [0.5, 0.6) is 0 Å². The normalized spacial score (nSPS) is 14.9. The first-order valence-corrected chi connectivity index (χ1v) is 5.81. The number of amides is 1. The van der Waals surface area contributed by atoms with Gasteiger partial charge in [0.2, 0.25) is 0 Å². The molecule has 15 heavy (non-hydrogen) atoms. The summed E-state index contributed by atoms with van der Waals surface area (Å²) in [6.07, 6.45) is 3.76. The van der Waals surface area contributed by atoms with Gasteiger partial charge in [-0.25, -0.2) is 4.79 Å². The summed E-state index contributed by atoms with van der Waals surface area (Å²) in [6.45, 7) is 10.1. The molecule has 0 spiro atoms. The molecular formula is C12H23NO2. The molecule has 88 valence electrons. The van der Waals surface area contributed by atoms with Crippen LogP contribution >= 0.6 is 0 Å². The summed E-state index contributed by atoms with van der Waals surface area (Å²) in [4.78, 5) is 13.1. The number of carbonyl (C=O) groups excluding carboxylic acids is 1. The van der Waals surface area contributed by atoms with Crippen molar-refractivity contribution in [1.82, 2.24) is 4.90 Å². The molecule has 1 rings (SSSR count). The van der Waals surface area contributed by atoms with Crippen molar-refractivity contribution in [3.05, 3.63) is 11.6 Å². The third kappa shape index (κ3) is 5.45. The van der Waals surface area contributed by atoms with Gasteiger partial charge in [0.1, 0.15) is 0 Å². The standard InChI is InChI=1S/C10H17NO2.C2H6/c1-3-8-13-10(12)11-6-4-9(2)5-7-11;1-2/h4H,3,5-8H2,1-2H3;1-2H3. The summed E-state index contributed by atoms with van der Waals surface area (Å²) < 4.78 is 5.02. The van der Waals surface area contributed by atoms with E-state index in [1.165, 1.54) is 5.57 Å². The zero-order chi connectivity index (χ0) is 11.7. The first-order chi connectivity index (χ1) is 7.24. The van der Waals surface area contributed by atoms with E-state index < -0.39 is 0 Å². The van der Waals surface area contributed by atoms with E-state index in [0.717, 1.165) is 19.4 Å². The van der Waals surface area contributed by atoms with Crippen LogP contribution in [0.2, 0.25) is 0 Å². The van der Waals surface area contributed by atoms with Gasteiger partial charge in [-0.2, -0.15) is 0 Å². The lowest BCUT2D eigenvalue weighted by Crippen LogP contribution is -2.35. The molecule has 0 aliphatic carbocycles. The molecular weight excluding hydrogens is 190 g/mol. The average Bonchev–Trinajstić information content (AvgIpc) is 2.29. The average molecular weight is 213 g/mol. The molecule has 3 heteroatoms. The summed E-state index contributed by atoms with van der Waals surface area (Å²) in [7, 11) is 0. The van der Waals surface area contributed by atoms with Crippen LogP contribution in [0.3, 0.4) is 0 Å². The molecule has 1 amide bonds. The van der Waals surface area contributed by atoms with Crippen molar-refractivity contribution in [1.29, 1.82) is 0 Å². The highest BCUT2D eigenvalue weighted by Crippen LogP contribution is 2.10. The van der Waals surface area contributed by atoms with Crippen LogP contribution in [-0.2, 0) is 4.74 Å². The maximum absolute atomic E-state index is 11.3. The lowest BCUT2D eigenvalue weighted by atomic mass is 10.1. The van der Waals surface area contributed by atoms with Crippen molar-refractivity contribution < 1.29 is 9.53 Å². The van der Waals surface area contributed by atoms with E-state index in [9.17, 15) is 4.79 Å². The fraction of sp³-hybridized carbons (Fsp3) is 0.750. The molecule has 0 atom stereocenters. The van der Waals surface area contributed by atoms with Gasteiger partial charge < -0.3 is 9.64 Å². The SMILES string of the molecule is CC.CCCOC(=O)N1CC=C(C)CC1. The third-order valence-electron chi connectivity index (χ3n) is 2.12. The molecule has 0 aromatic carbocycles. The molecule has 0 saturated carbocycles. The molecule has 1 aliphatic rings. The van der Waals surface area contributed by atoms with Gasteiger partial charge in [0.05, 0.1) is 6.61 Å². The highest BCUT2D eigenvalue weighted by atomic mass is 16.6. The zero-order valence-electron chi connectivity index (χ0n) is 10.4. The van der Waals surface area contributed by atoms with E-state index in [-0.39, 0.29) is 6.09 Å². The molecule has 3 nitrogen and oxygen atoms in total. The Balaban J connectivity index is 0.000000921. The Bertz CT molecular complexity index is 212. The monoisotopic (exact) mass is 213 g/mol. The van der Waals surface area contributed by atoms with Gasteiger partial charge in [0.15, 0.2) is 0 Å². The number of hydrogen-bond acceptors (Lipinski definition) is 2. The highest BCUT2D eigenvalue weighted by Gasteiger charge is 2.16. The molecule has 1 aliphatic heterocycles. The molecule has 0 fully saturated rings. The molecule has 0 radical (unpaired) electrons. The summed E-state index contributed by atoms with van der Waals surface area (Å²) in [6, 6.07) is 0. The van der Waals surface area contributed by atoms with Crippen LogP contribution < -0.4 is 0 Å². The Hall–Kier alpha value is -0.990. The lowest BCUT2D eigenvalue weighted by Gasteiger charge is -2.24. The van der Waals surface area contributed by atoms with Gasteiger partial charge >= 0.3 is 6.09 Å². The van der Waals surface area contributed by atoms with E-state index in [0.29, 0.717) is 13.2 Å². The molecule has 1 heterocycles. The van der Waals surface area contributed by atoms with Crippen LogP contribution in [0.1, 0.15) is 40.5 Å². The molecule has 0 aromatic heterocycles. The van der Waals surface area contributed by atoms with E-state index >= 15 is 0 Å². The van der Waals surface area contributed by atoms with Crippen LogP contribution in [-0.4, -0.2) is 30.7 Å². The molecule has 0 saturated heterocycles. The van der Waals surface area contributed by atoms with Gasteiger partial charge in [-0.1, -0.05) is 32.4 Å². The molecule has 0 N–H and O–H groups in total. The fourth-order valence-corrected chi connectivity index (χ4v) is 1.22. The maximum atomic E-state index is 11.3. The van der Waals surface area contributed by atoms with Gasteiger partial charge in [0, 0.05) is 13.1 Å². The predicted octanol–water partition coefficient (Wildman–Crippen LogP) is 3.21. The van der Waals surface area contributed by atoms with Gasteiger partial charge in [-0.3, -0.25) is 0 Å². The number of hydrogen-bond donors (Lipinski definition) is 0. The van der Waals surface area contributed by atoms with Gasteiger partial charge in [-0.05, 0) is 19.8 Å². The summed E-state index contributed by atoms with van der Waals surface area (Å²) in [5.41, 5.74) is 1.36. The minimum atomic E-state index is -0.175. The third-order valence-corrected chi connectivity index (χ3v) is 2.12. The second-order valence-corrected chi connectivity index (χ2v) is 3.36. The van der Waals surface area contributed by atoms with Crippen molar-refractivity contribution in [2.24, 2.45) is 0 Å². The molecule has 0 aromatic rings. The van der Waals surface area contributed by atoms with Crippen LogP contribution in [0.15, 0.2) is 11.6 Å². The van der Waals surface area contributed by atoms with Crippen molar-refractivity contribution in [3.8, 4) is 0 Å². The minimum Gasteiger partial charge on any atom is -0.449 e. The van der Waals surface area contributed by atoms with E-state index in [2.05, 4.69) is 13.0 Å². The number of carbonyl (C=O) groups is 1. The number of rotatable bonds is 2. The van der Waals surface area contributed by atoms with E-state index in [1.807, 2.05) is 20.8 Å². The summed E-state index contributed by atoms with van der Waals surface area (Å²) >= 11 is 0. The van der Waals surface area contributed by atoms with Crippen molar-refractivity contribution >= 4 is 6.09 Å². The Labute approximate surface area is 93.1 Å². The van der Waals surface area contributed by atoms with Crippen molar-refractivity contribution in [2.45, 2.75) is 40.5 Å².